The van der Waals surface area contributed by atoms with Crippen LogP contribution < -0.4 is 4.74 Å². The van der Waals surface area contributed by atoms with E-state index >= 15 is 0 Å². The standard InChI is InChI=1S/C25H18O3/c26-25(27-18-8-14-21-9-3-1-4-10-21)17-16-22-13-7-15-24(19-22)28-20-23-11-5-2-6-12-23/h1-7,9-13,15,19H,18,20H2. The molecule has 0 aliphatic heterocycles. The highest BCUT2D eigenvalue weighted by Gasteiger charge is 1.98. The SMILES string of the molecule is O=C(C#Cc1cccc(OCc2ccccc2)c1)OCC#Cc1ccccc1. The monoisotopic (exact) mass is 366 g/mol. The van der Waals surface area contributed by atoms with Gasteiger partial charge in [0.05, 0.1) is 0 Å². The Bertz CT molecular complexity index is 1030. The number of esters is 1. The summed E-state index contributed by atoms with van der Waals surface area (Å²) < 4.78 is 10.8. The maximum absolute atomic E-state index is 11.7. The summed E-state index contributed by atoms with van der Waals surface area (Å²) in [7, 11) is 0. The average Bonchev–Trinajstić information content (AvgIpc) is 2.76. The van der Waals surface area contributed by atoms with Gasteiger partial charge in [-0.25, -0.2) is 4.79 Å². The molecule has 0 saturated carbocycles. The van der Waals surface area contributed by atoms with Crippen molar-refractivity contribution < 1.29 is 14.3 Å². The van der Waals surface area contributed by atoms with Crippen molar-refractivity contribution in [3.63, 3.8) is 0 Å². The molecule has 0 unspecified atom stereocenters. The fourth-order valence-electron chi connectivity index (χ4n) is 2.33. The van der Waals surface area contributed by atoms with E-state index in [1.807, 2.05) is 78.9 Å². The number of rotatable bonds is 4. The predicted octanol–water partition coefficient (Wildman–Crippen LogP) is 4.21. The van der Waals surface area contributed by atoms with Gasteiger partial charge in [-0.05, 0) is 35.9 Å². The highest BCUT2D eigenvalue weighted by atomic mass is 16.5. The van der Waals surface area contributed by atoms with Gasteiger partial charge in [-0.2, -0.15) is 0 Å². The minimum Gasteiger partial charge on any atom is -0.489 e. The third-order valence-electron chi connectivity index (χ3n) is 3.67. The van der Waals surface area contributed by atoms with Crippen LogP contribution in [-0.4, -0.2) is 12.6 Å². The lowest BCUT2D eigenvalue weighted by molar-refractivity contribution is -0.135. The Hall–Kier alpha value is -3.95. The summed E-state index contributed by atoms with van der Waals surface area (Å²) in [6.07, 6.45) is 0. The van der Waals surface area contributed by atoms with Crippen LogP contribution in [0, 0.1) is 23.7 Å². The first-order valence-electron chi connectivity index (χ1n) is 8.79. The van der Waals surface area contributed by atoms with Gasteiger partial charge >= 0.3 is 5.97 Å². The Kier molecular flexibility index (Phi) is 6.90. The molecule has 0 aromatic heterocycles. The van der Waals surface area contributed by atoms with Crippen molar-refractivity contribution in [2.45, 2.75) is 6.61 Å². The van der Waals surface area contributed by atoms with Crippen molar-refractivity contribution in [1.82, 2.24) is 0 Å². The molecule has 0 heterocycles. The number of hydrogen-bond acceptors (Lipinski definition) is 3. The summed E-state index contributed by atoms with van der Waals surface area (Å²) in [5.41, 5.74) is 2.63. The van der Waals surface area contributed by atoms with Crippen LogP contribution in [0.1, 0.15) is 16.7 Å². The summed E-state index contributed by atoms with van der Waals surface area (Å²) >= 11 is 0. The Labute approximate surface area is 164 Å². The average molecular weight is 366 g/mol. The molecule has 0 saturated heterocycles. The predicted molar refractivity (Wildman–Crippen MR) is 108 cm³/mol. The summed E-state index contributed by atoms with van der Waals surface area (Å²) in [6, 6.07) is 26.7. The van der Waals surface area contributed by atoms with Crippen LogP contribution >= 0.6 is 0 Å². The van der Waals surface area contributed by atoms with Crippen LogP contribution in [0.3, 0.4) is 0 Å². The van der Waals surface area contributed by atoms with Crippen LogP contribution in [0.4, 0.5) is 0 Å². The van der Waals surface area contributed by atoms with Gasteiger partial charge in [0.25, 0.3) is 0 Å². The van der Waals surface area contributed by atoms with E-state index in [1.165, 1.54) is 0 Å². The number of carbonyl (C=O) groups is 1. The van der Waals surface area contributed by atoms with Gasteiger partial charge in [0.15, 0.2) is 6.61 Å². The summed E-state index contributed by atoms with van der Waals surface area (Å²) in [5, 5.41) is 0. The molecule has 3 heteroatoms. The summed E-state index contributed by atoms with van der Waals surface area (Å²) in [4.78, 5) is 11.7. The van der Waals surface area contributed by atoms with Crippen LogP contribution in [0.2, 0.25) is 0 Å². The molecule has 0 radical (unpaired) electrons. The van der Waals surface area contributed by atoms with Crippen molar-refractivity contribution in [3.05, 3.63) is 102 Å². The van der Waals surface area contributed by atoms with Crippen molar-refractivity contribution in [2.75, 3.05) is 6.61 Å². The van der Waals surface area contributed by atoms with Gasteiger partial charge in [-0.1, -0.05) is 72.4 Å². The molecule has 0 spiro atoms. The third kappa shape index (κ3) is 6.41. The fourth-order valence-corrected chi connectivity index (χ4v) is 2.33. The molecular weight excluding hydrogens is 348 g/mol. The molecule has 3 nitrogen and oxygen atoms in total. The van der Waals surface area contributed by atoms with Gasteiger partial charge in [0, 0.05) is 17.0 Å². The molecular formula is C25H18O3. The first-order valence-corrected chi connectivity index (χ1v) is 8.79. The first kappa shape index (κ1) is 18.8. The van der Waals surface area contributed by atoms with E-state index in [1.54, 1.807) is 6.07 Å². The number of carbonyl (C=O) groups excluding carboxylic acids is 1. The van der Waals surface area contributed by atoms with Gasteiger partial charge in [-0.3, -0.25) is 0 Å². The zero-order valence-electron chi connectivity index (χ0n) is 15.2. The molecule has 0 amide bonds. The Morgan fingerprint density at radius 1 is 0.786 bits per heavy atom. The quantitative estimate of drug-likeness (QED) is 0.512. The first-order chi connectivity index (χ1) is 13.8. The van der Waals surface area contributed by atoms with Crippen molar-refractivity contribution in [3.8, 4) is 29.4 Å². The van der Waals surface area contributed by atoms with Crippen LogP contribution in [-0.2, 0) is 16.1 Å². The minimum atomic E-state index is -0.613. The van der Waals surface area contributed by atoms with E-state index < -0.39 is 5.97 Å². The molecule has 0 bridgehead atoms. The molecule has 0 fully saturated rings. The summed E-state index contributed by atoms with van der Waals surface area (Å²) in [5.74, 6) is 11.0. The second kappa shape index (κ2) is 10.3. The van der Waals surface area contributed by atoms with E-state index in [9.17, 15) is 4.79 Å². The molecule has 3 rings (SSSR count). The van der Waals surface area contributed by atoms with Crippen molar-refractivity contribution in [1.29, 1.82) is 0 Å². The zero-order valence-corrected chi connectivity index (χ0v) is 15.2. The number of ether oxygens (including phenoxy) is 2. The minimum absolute atomic E-state index is 0.00261. The van der Waals surface area contributed by atoms with E-state index in [4.69, 9.17) is 9.47 Å². The second-order valence-corrected chi connectivity index (χ2v) is 5.80. The largest absolute Gasteiger partial charge is 0.489 e. The lowest BCUT2D eigenvalue weighted by Crippen LogP contribution is -2.01. The second-order valence-electron chi connectivity index (χ2n) is 5.80. The molecule has 28 heavy (non-hydrogen) atoms. The summed E-state index contributed by atoms with van der Waals surface area (Å²) in [6.45, 7) is 0.475. The highest BCUT2D eigenvalue weighted by molar-refractivity contribution is 5.89. The van der Waals surface area contributed by atoms with Gasteiger partial charge in [0.2, 0.25) is 0 Å². The highest BCUT2D eigenvalue weighted by Crippen LogP contribution is 2.14. The van der Waals surface area contributed by atoms with Crippen molar-refractivity contribution in [2.24, 2.45) is 0 Å². The maximum Gasteiger partial charge on any atom is 0.385 e. The molecule has 3 aromatic rings. The van der Waals surface area contributed by atoms with E-state index in [-0.39, 0.29) is 6.61 Å². The normalized spacial score (nSPS) is 9.29. The van der Waals surface area contributed by atoms with Gasteiger partial charge in [0.1, 0.15) is 12.4 Å². The van der Waals surface area contributed by atoms with Crippen LogP contribution in [0.5, 0.6) is 5.75 Å². The zero-order chi connectivity index (χ0) is 19.4. The number of benzene rings is 3. The van der Waals surface area contributed by atoms with E-state index in [0.29, 0.717) is 17.9 Å². The molecule has 0 aliphatic carbocycles. The van der Waals surface area contributed by atoms with Crippen LogP contribution in [0.15, 0.2) is 84.9 Å². The smallest absolute Gasteiger partial charge is 0.385 e. The van der Waals surface area contributed by atoms with Crippen LogP contribution in [0.25, 0.3) is 0 Å². The van der Waals surface area contributed by atoms with E-state index in [0.717, 1.165) is 11.1 Å². The molecule has 3 aromatic carbocycles. The molecule has 0 atom stereocenters. The lowest BCUT2D eigenvalue weighted by Gasteiger charge is -2.06. The van der Waals surface area contributed by atoms with Crippen molar-refractivity contribution >= 4 is 5.97 Å². The molecule has 0 N–H and O–H groups in total. The Balaban J connectivity index is 1.50. The Morgan fingerprint density at radius 3 is 2.29 bits per heavy atom. The fraction of sp³-hybridized carbons (Fsp3) is 0.0800. The lowest BCUT2D eigenvalue weighted by atomic mass is 10.2. The molecule has 136 valence electrons. The van der Waals surface area contributed by atoms with Gasteiger partial charge < -0.3 is 9.47 Å². The molecule has 0 aliphatic rings. The van der Waals surface area contributed by atoms with Gasteiger partial charge in [-0.15, -0.1) is 0 Å². The third-order valence-corrected chi connectivity index (χ3v) is 3.67. The van der Waals surface area contributed by atoms with E-state index in [2.05, 4.69) is 23.7 Å². The maximum atomic E-state index is 11.7. The number of hydrogen-bond donors (Lipinski definition) is 0. The Morgan fingerprint density at radius 2 is 1.50 bits per heavy atom. The topological polar surface area (TPSA) is 35.5 Å².